The van der Waals surface area contributed by atoms with E-state index in [-0.39, 0.29) is 12.0 Å². The first-order chi connectivity index (χ1) is 14.2. The number of morpholine rings is 1. The second kappa shape index (κ2) is 9.39. The van der Waals surface area contributed by atoms with Crippen LogP contribution >= 0.6 is 11.6 Å². The highest BCUT2D eigenvalue weighted by Crippen LogP contribution is 2.25. The number of anilines is 1. The summed E-state index contributed by atoms with van der Waals surface area (Å²) in [6.45, 7) is 4.47. The predicted molar refractivity (Wildman–Crippen MR) is 108 cm³/mol. The summed E-state index contributed by atoms with van der Waals surface area (Å²) in [5.41, 5.74) is 1.32. The quantitative estimate of drug-likeness (QED) is 0.768. The molecule has 0 aromatic carbocycles. The zero-order chi connectivity index (χ0) is 20.1. The van der Waals surface area contributed by atoms with Gasteiger partial charge in [0.15, 0.2) is 0 Å². The Hall–Kier alpha value is -2.42. The van der Waals surface area contributed by atoms with Crippen molar-refractivity contribution in [1.82, 2.24) is 15.3 Å². The molecule has 1 atom stereocenters. The first-order valence-electron chi connectivity index (χ1n) is 9.65. The number of pyridine rings is 2. The van der Waals surface area contributed by atoms with Gasteiger partial charge in [0.05, 0.1) is 32.0 Å². The van der Waals surface area contributed by atoms with Gasteiger partial charge in [-0.15, -0.1) is 0 Å². The first-order valence-corrected chi connectivity index (χ1v) is 10.0. The number of nitrogens with zero attached hydrogens (tertiary/aromatic N) is 3. The maximum Gasteiger partial charge on any atom is 0.253 e. The number of amides is 1. The summed E-state index contributed by atoms with van der Waals surface area (Å²) in [7, 11) is 0. The summed E-state index contributed by atoms with van der Waals surface area (Å²) in [6, 6.07) is 5.40. The Bertz CT molecular complexity index is 854. The maximum absolute atomic E-state index is 12.6. The van der Waals surface area contributed by atoms with Crippen LogP contribution in [0.5, 0.6) is 5.88 Å². The second-order valence-electron chi connectivity index (χ2n) is 6.88. The van der Waals surface area contributed by atoms with E-state index in [1.807, 2.05) is 12.1 Å². The number of hydrogen-bond donors (Lipinski definition) is 1. The van der Waals surface area contributed by atoms with Crippen molar-refractivity contribution in [3.8, 4) is 5.88 Å². The first kappa shape index (κ1) is 19.9. The van der Waals surface area contributed by atoms with Crippen LogP contribution in [0, 0.1) is 0 Å². The van der Waals surface area contributed by atoms with Crippen molar-refractivity contribution < 1.29 is 19.0 Å². The Morgan fingerprint density at radius 3 is 2.90 bits per heavy atom. The lowest BCUT2D eigenvalue weighted by Gasteiger charge is -2.29. The van der Waals surface area contributed by atoms with E-state index in [1.54, 1.807) is 12.3 Å². The second-order valence-corrected chi connectivity index (χ2v) is 7.29. The molecule has 154 valence electrons. The minimum absolute atomic E-state index is 0.0520. The number of aromatic nitrogens is 2. The van der Waals surface area contributed by atoms with Crippen molar-refractivity contribution in [2.75, 3.05) is 44.4 Å². The van der Waals surface area contributed by atoms with Crippen molar-refractivity contribution in [3.05, 3.63) is 46.7 Å². The fourth-order valence-electron chi connectivity index (χ4n) is 3.31. The highest BCUT2D eigenvalue weighted by Gasteiger charge is 2.20. The molecule has 0 bridgehead atoms. The molecular formula is C20H23ClN4O4. The molecule has 1 amide bonds. The smallest absolute Gasteiger partial charge is 0.253 e. The van der Waals surface area contributed by atoms with Crippen LogP contribution in [-0.2, 0) is 16.0 Å². The molecule has 2 fully saturated rings. The zero-order valence-electron chi connectivity index (χ0n) is 16.0. The van der Waals surface area contributed by atoms with E-state index in [0.717, 1.165) is 30.9 Å². The summed E-state index contributed by atoms with van der Waals surface area (Å²) >= 11 is 6.26. The molecule has 0 saturated carbocycles. The molecule has 2 aromatic rings. The SMILES string of the molecule is O=C(NCc1cccnc1N1CCOCC1)c1cnc(OC2CCOC2)c(Cl)c1. The number of rotatable bonds is 6. The van der Waals surface area contributed by atoms with Gasteiger partial charge in [-0.2, -0.15) is 0 Å². The molecule has 0 spiro atoms. The van der Waals surface area contributed by atoms with Crippen LogP contribution in [0.15, 0.2) is 30.6 Å². The molecule has 4 heterocycles. The summed E-state index contributed by atoms with van der Waals surface area (Å²) in [5.74, 6) is 0.933. The summed E-state index contributed by atoms with van der Waals surface area (Å²) < 4.78 is 16.4. The van der Waals surface area contributed by atoms with Crippen molar-refractivity contribution in [3.63, 3.8) is 0 Å². The minimum Gasteiger partial charge on any atom is -0.471 e. The predicted octanol–water partition coefficient (Wildman–Crippen LogP) is 2.06. The van der Waals surface area contributed by atoms with Crippen molar-refractivity contribution in [2.24, 2.45) is 0 Å². The van der Waals surface area contributed by atoms with Gasteiger partial charge in [-0.05, 0) is 12.1 Å². The lowest BCUT2D eigenvalue weighted by atomic mass is 10.2. The van der Waals surface area contributed by atoms with Crippen LogP contribution in [0.2, 0.25) is 5.02 Å². The third-order valence-electron chi connectivity index (χ3n) is 4.85. The van der Waals surface area contributed by atoms with E-state index < -0.39 is 0 Å². The topological polar surface area (TPSA) is 85.8 Å². The van der Waals surface area contributed by atoms with E-state index in [9.17, 15) is 4.79 Å². The molecule has 8 nitrogen and oxygen atoms in total. The Morgan fingerprint density at radius 2 is 2.14 bits per heavy atom. The lowest BCUT2D eigenvalue weighted by molar-refractivity contribution is 0.0950. The summed E-state index contributed by atoms with van der Waals surface area (Å²) in [5, 5.41) is 3.22. The fourth-order valence-corrected chi connectivity index (χ4v) is 3.52. The van der Waals surface area contributed by atoms with Crippen LogP contribution in [0.4, 0.5) is 5.82 Å². The summed E-state index contributed by atoms with van der Waals surface area (Å²) in [4.78, 5) is 23.4. The lowest BCUT2D eigenvalue weighted by Crippen LogP contribution is -2.37. The normalized spacial score (nSPS) is 19.2. The molecule has 1 unspecified atom stereocenters. The van der Waals surface area contributed by atoms with Gasteiger partial charge in [0, 0.05) is 44.0 Å². The Balaban J connectivity index is 1.39. The number of carbonyl (C=O) groups excluding carboxylic acids is 1. The average molecular weight is 419 g/mol. The Morgan fingerprint density at radius 1 is 1.28 bits per heavy atom. The molecule has 2 aliphatic heterocycles. The average Bonchev–Trinajstić information content (AvgIpc) is 3.27. The molecule has 2 saturated heterocycles. The van der Waals surface area contributed by atoms with Gasteiger partial charge >= 0.3 is 0 Å². The molecule has 29 heavy (non-hydrogen) atoms. The van der Waals surface area contributed by atoms with E-state index in [4.69, 9.17) is 25.8 Å². The van der Waals surface area contributed by atoms with Gasteiger partial charge in [0.1, 0.15) is 16.9 Å². The minimum atomic E-state index is -0.257. The van der Waals surface area contributed by atoms with E-state index in [1.165, 1.54) is 6.20 Å². The molecule has 2 aliphatic rings. The van der Waals surface area contributed by atoms with E-state index in [0.29, 0.717) is 49.4 Å². The number of halogens is 1. The third-order valence-corrected chi connectivity index (χ3v) is 5.12. The summed E-state index contributed by atoms with van der Waals surface area (Å²) in [6.07, 6.45) is 3.98. The van der Waals surface area contributed by atoms with Gasteiger partial charge < -0.3 is 24.4 Å². The van der Waals surface area contributed by atoms with Crippen LogP contribution < -0.4 is 15.0 Å². The van der Waals surface area contributed by atoms with Crippen LogP contribution in [0.3, 0.4) is 0 Å². The molecule has 9 heteroatoms. The molecule has 1 N–H and O–H groups in total. The molecule has 0 aliphatic carbocycles. The van der Waals surface area contributed by atoms with Crippen LogP contribution in [0.25, 0.3) is 0 Å². The van der Waals surface area contributed by atoms with Gasteiger partial charge in [-0.25, -0.2) is 9.97 Å². The third kappa shape index (κ3) is 4.95. The monoisotopic (exact) mass is 418 g/mol. The van der Waals surface area contributed by atoms with E-state index in [2.05, 4.69) is 20.2 Å². The van der Waals surface area contributed by atoms with Gasteiger partial charge in [0.2, 0.25) is 5.88 Å². The maximum atomic E-state index is 12.6. The Kier molecular flexibility index (Phi) is 6.43. The van der Waals surface area contributed by atoms with Crippen molar-refractivity contribution >= 4 is 23.3 Å². The van der Waals surface area contributed by atoms with Crippen molar-refractivity contribution in [1.29, 1.82) is 0 Å². The van der Waals surface area contributed by atoms with Crippen LogP contribution in [-0.4, -0.2) is 61.5 Å². The number of nitrogens with one attached hydrogen (secondary N) is 1. The van der Waals surface area contributed by atoms with Crippen LogP contribution in [0.1, 0.15) is 22.3 Å². The zero-order valence-corrected chi connectivity index (χ0v) is 16.7. The van der Waals surface area contributed by atoms with Gasteiger partial charge in [0.25, 0.3) is 5.91 Å². The number of carbonyl (C=O) groups is 1. The van der Waals surface area contributed by atoms with E-state index >= 15 is 0 Å². The highest BCUT2D eigenvalue weighted by atomic mass is 35.5. The molecule has 0 radical (unpaired) electrons. The number of hydrogen-bond acceptors (Lipinski definition) is 7. The van der Waals surface area contributed by atoms with Gasteiger partial charge in [-0.1, -0.05) is 17.7 Å². The standard InChI is InChI=1S/C20H23ClN4O4/c21-17-10-15(12-24-20(17)29-16-3-7-28-13-16)19(26)23-11-14-2-1-4-22-18(14)25-5-8-27-9-6-25/h1-2,4,10,12,16H,3,5-9,11,13H2,(H,23,26). The van der Waals surface area contributed by atoms with Gasteiger partial charge in [-0.3, -0.25) is 4.79 Å². The molecule has 2 aromatic heterocycles. The van der Waals surface area contributed by atoms with Crippen molar-refractivity contribution in [2.45, 2.75) is 19.1 Å². The Labute approximate surface area is 174 Å². The number of ether oxygens (including phenoxy) is 3. The molecule has 4 rings (SSSR count). The molecular weight excluding hydrogens is 396 g/mol. The fraction of sp³-hybridized carbons (Fsp3) is 0.450. The largest absolute Gasteiger partial charge is 0.471 e. The highest BCUT2D eigenvalue weighted by molar-refractivity contribution is 6.32.